The zero-order valence-corrected chi connectivity index (χ0v) is 12.7. The Morgan fingerprint density at radius 2 is 2.09 bits per heavy atom. The van der Waals surface area contributed by atoms with Crippen LogP contribution in [-0.2, 0) is 4.79 Å². The molecule has 5 N–H and O–H groups in total. The highest BCUT2D eigenvalue weighted by molar-refractivity contribution is 6.10. The highest BCUT2D eigenvalue weighted by Crippen LogP contribution is 2.30. The summed E-state index contributed by atoms with van der Waals surface area (Å²) in [7, 11) is 0. The van der Waals surface area contributed by atoms with Gasteiger partial charge in [-0.1, -0.05) is 0 Å². The SMILES string of the molecule is NCC1CCC(C(=O)Nc2ccnc3[nH]cc(C(=O)O)c23)CC1. The van der Waals surface area contributed by atoms with E-state index in [2.05, 4.69) is 15.3 Å². The number of aromatic carboxylic acids is 1. The first-order valence-electron chi connectivity index (χ1n) is 7.80. The predicted molar refractivity (Wildman–Crippen MR) is 86.2 cm³/mol. The molecule has 1 saturated carbocycles. The van der Waals surface area contributed by atoms with Crippen LogP contribution in [0.4, 0.5) is 5.69 Å². The first-order chi connectivity index (χ1) is 11.1. The molecule has 3 rings (SSSR count). The molecule has 0 aliphatic heterocycles. The van der Waals surface area contributed by atoms with Gasteiger partial charge in [-0.05, 0) is 44.2 Å². The van der Waals surface area contributed by atoms with Gasteiger partial charge in [-0.3, -0.25) is 4.79 Å². The number of amides is 1. The zero-order valence-electron chi connectivity index (χ0n) is 12.7. The van der Waals surface area contributed by atoms with Gasteiger partial charge in [0.1, 0.15) is 5.65 Å². The topological polar surface area (TPSA) is 121 Å². The van der Waals surface area contributed by atoms with Gasteiger partial charge in [0, 0.05) is 18.3 Å². The number of carbonyl (C=O) groups is 2. The third kappa shape index (κ3) is 3.05. The highest BCUT2D eigenvalue weighted by atomic mass is 16.4. The number of anilines is 1. The second kappa shape index (κ2) is 6.37. The van der Waals surface area contributed by atoms with Crippen LogP contribution in [-0.4, -0.2) is 33.5 Å². The van der Waals surface area contributed by atoms with Crippen LogP contribution in [0.15, 0.2) is 18.5 Å². The van der Waals surface area contributed by atoms with Gasteiger partial charge in [-0.15, -0.1) is 0 Å². The Hall–Kier alpha value is -2.41. The second-order valence-corrected chi connectivity index (χ2v) is 6.03. The predicted octanol–water partition coefficient (Wildman–Crippen LogP) is 1.96. The number of fused-ring (bicyclic) bond motifs is 1. The van der Waals surface area contributed by atoms with E-state index in [1.165, 1.54) is 6.20 Å². The van der Waals surface area contributed by atoms with Gasteiger partial charge in [0.15, 0.2) is 0 Å². The molecule has 0 radical (unpaired) electrons. The van der Waals surface area contributed by atoms with Gasteiger partial charge < -0.3 is 21.1 Å². The zero-order chi connectivity index (χ0) is 16.4. The van der Waals surface area contributed by atoms with E-state index in [0.29, 0.717) is 29.2 Å². The maximum absolute atomic E-state index is 12.5. The van der Waals surface area contributed by atoms with Crippen LogP contribution < -0.4 is 11.1 Å². The molecule has 2 aromatic rings. The number of carboxylic acids is 1. The minimum atomic E-state index is -1.05. The van der Waals surface area contributed by atoms with E-state index in [9.17, 15) is 14.7 Å². The Kier molecular flexibility index (Phi) is 4.29. The van der Waals surface area contributed by atoms with Gasteiger partial charge >= 0.3 is 5.97 Å². The Morgan fingerprint density at radius 3 is 2.74 bits per heavy atom. The number of nitrogens with two attached hydrogens (primary N) is 1. The summed E-state index contributed by atoms with van der Waals surface area (Å²) >= 11 is 0. The largest absolute Gasteiger partial charge is 0.478 e. The number of carbonyl (C=O) groups excluding carboxylic acids is 1. The van der Waals surface area contributed by atoms with Crippen LogP contribution in [0.25, 0.3) is 11.0 Å². The lowest BCUT2D eigenvalue weighted by atomic mass is 9.81. The third-order valence-corrected chi connectivity index (χ3v) is 4.61. The van der Waals surface area contributed by atoms with Crippen LogP contribution in [0.5, 0.6) is 0 Å². The van der Waals surface area contributed by atoms with E-state index in [1.807, 2.05) is 0 Å². The van der Waals surface area contributed by atoms with Gasteiger partial charge in [-0.2, -0.15) is 0 Å². The Bertz CT molecular complexity index is 732. The fraction of sp³-hybridized carbons (Fsp3) is 0.438. The van der Waals surface area contributed by atoms with Crippen LogP contribution >= 0.6 is 0 Å². The van der Waals surface area contributed by atoms with Gasteiger partial charge in [0.2, 0.25) is 5.91 Å². The molecule has 23 heavy (non-hydrogen) atoms. The van der Waals surface area contributed by atoms with Crippen molar-refractivity contribution in [2.24, 2.45) is 17.6 Å². The average Bonchev–Trinajstić information content (AvgIpc) is 3.00. The van der Waals surface area contributed by atoms with E-state index < -0.39 is 5.97 Å². The lowest BCUT2D eigenvalue weighted by Gasteiger charge is -2.26. The minimum Gasteiger partial charge on any atom is -0.478 e. The number of rotatable bonds is 4. The molecule has 0 aromatic carbocycles. The molecule has 0 saturated heterocycles. The van der Waals surface area contributed by atoms with E-state index in [4.69, 9.17) is 5.73 Å². The molecule has 0 bridgehead atoms. The molecular weight excluding hydrogens is 296 g/mol. The van der Waals surface area contributed by atoms with E-state index in [-0.39, 0.29) is 17.4 Å². The molecule has 2 aromatic heterocycles. The van der Waals surface area contributed by atoms with E-state index in [1.54, 1.807) is 12.3 Å². The van der Waals surface area contributed by atoms with Crippen LogP contribution in [0.3, 0.4) is 0 Å². The molecule has 1 amide bonds. The maximum atomic E-state index is 12.5. The van der Waals surface area contributed by atoms with E-state index in [0.717, 1.165) is 25.7 Å². The van der Waals surface area contributed by atoms with Crippen molar-refractivity contribution in [2.75, 3.05) is 11.9 Å². The van der Waals surface area contributed by atoms with E-state index >= 15 is 0 Å². The van der Waals surface area contributed by atoms with Crippen molar-refractivity contribution in [2.45, 2.75) is 25.7 Å². The molecule has 7 heteroatoms. The maximum Gasteiger partial charge on any atom is 0.338 e. The summed E-state index contributed by atoms with van der Waals surface area (Å²) in [6.07, 6.45) is 6.50. The van der Waals surface area contributed by atoms with Crippen LogP contribution in [0.1, 0.15) is 36.0 Å². The molecule has 0 atom stereocenters. The number of aromatic amines is 1. The third-order valence-electron chi connectivity index (χ3n) is 4.61. The second-order valence-electron chi connectivity index (χ2n) is 6.03. The summed E-state index contributed by atoms with van der Waals surface area (Å²) in [5.41, 5.74) is 6.72. The number of hydrogen-bond acceptors (Lipinski definition) is 4. The number of pyridine rings is 1. The Balaban J connectivity index is 1.80. The number of nitrogens with zero attached hydrogens (tertiary/aromatic N) is 1. The molecule has 1 aliphatic rings. The molecule has 7 nitrogen and oxygen atoms in total. The lowest BCUT2D eigenvalue weighted by molar-refractivity contribution is -0.121. The van der Waals surface area contributed by atoms with Crippen LogP contribution in [0, 0.1) is 11.8 Å². The molecule has 1 fully saturated rings. The number of carboxylic acid groups (broad SMARTS) is 1. The van der Waals surface area contributed by atoms with Crippen molar-refractivity contribution in [3.05, 3.63) is 24.0 Å². The Labute approximate surface area is 133 Å². The summed E-state index contributed by atoms with van der Waals surface area (Å²) in [6, 6.07) is 1.63. The normalized spacial score (nSPS) is 21.3. The lowest BCUT2D eigenvalue weighted by Crippen LogP contribution is -2.29. The minimum absolute atomic E-state index is 0.0479. The van der Waals surface area contributed by atoms with Crippen molar-refractivity contribution in [3.8, 4) is 0 Å². The molecule has 1 aliphatic carbocycles. The monoisotopic (exact) mass is 316 g/mol. The van der Waals surface area contributed by atoms with Crippen molar-refractivity contribution in [1.82, 2.24) is 9.97 Å². The first-order valence-corrected chi connectivity index (χ1v) is 7.80. The Morgan fingerprint density at radius 1 is 1.35 bits per heavy atom. The molecule has 0 unspecified atom stereocenters. The summed E-state index contributed by atoms with van der Waals surface area (Å²) in [5, 5.41) is 12.6. The van der Waals surface area contributed by atoms with Crippen molar-refractivity contribution < 1.29 is 14.7 Å². The quantitative estimate of drug-likeness (QED) is 0.687. The summed E-state index contributed by atoms with van der Waals surface area (Å²) < 4.78 is 0. The van der Waals surface area contributed by atoms with Gasteiger partial charge in [-0.25, -0.2) is 9.78 Å². The number of nitrogens with one attached hydrogen (secondary N) is 2. The standard InChI is InChI=1S/C16H20N4O3/c17-7-9-1-3-10(4-2-9)15(21)20-12-5-6-18-14-13(12)11(8-19-14)16(22)23/h5-6,8-10H,1-4,7,17H2,(H,22,23)(H2,18,19,20,21). The van der Waals surface area contributed by atoms with Crippen LogP contribution in [0.2, 0.25) is 0 Å². The molecular formula is C16H20N4O3. The fourth-order valence-electron chi connectivity index (χ4n) is 3.22. The highest BCUT2D eigenvalue weighted by Gasteiger charge is 2.26. The molecule has 0 spiro atoms. The molecule has 2 heterocycles. The number of hydrogen-bond donors (Lipinski definition) is 4. The van der Waals surface area contributed by atoms with Gasteiger partial charge in [0.05, 0.1) is 16.6 Å². The smallest absolute Gasteiger partial charge is 0.338 e. The summed E-state index contributed by atoms with van der Waals surface area (Å²) in [5.74, 6) is -0.656. The molecule has 122 valence electrons. The summed E-state index contributed by atoms with van der Waals surface area (Å²) in [4.78, 5) is 30.7. The van der Waals surface area contributed by atoms with Crippen molar-refractivity contribution in [1.29, 1.82) is 0 Å². The summed E-state index contributed by atoms with van der Waals surface area (Å²) in [6.45, 7) is 0.671. The number of aromatic nitrogens is 2. The average molecular weight is 316 g/mol. The van der Waals surface area contributed by atoms with Crippen molar-refractivity contribution in [3.63, 3.8) is 0 Å². The van der Waals surface area contributed by atoms with Crippen molar-refractivity contribution >= 4 is 28.6 Å². The number of H-pyrrole nitrogens is 1. The van der Waals surface area contributed by atoms with Gasteiger partial charge in [0.25, 0.3) is 0 Å². The fourth-order valence-corrected chi connectivity index (χ4v) is 3.22. The first kappa shape index (κ1) is 15.5.